The molecular weight excluding hydrogens is 362 g/mol. The highest BCUT2D eigenvalue weighted by atomic mass is 16.5. The van der Waals surface area contributed by atoms with Gasteiger partial charge in [0.05, 0.1) is 6.61 Å². The first kappa shape index (κ1) is 18.3. The van der Waals surface area contributed by atoms with Crippen molar-refractivity contribution in [2.45, 2.75) is 26.1 Å². The van der Waals surface area contributed by atoms with Gasteiger partial charge in [-0.2, -0.15) is 0 Å². The van der Waals surface area contributed by atoms with Crippen LogP contribution in [0.2, 0.25) is 0 Å². The van der Waals surface area contributed by atoms with Gasteiger partial charge < -0.3 is 19.4 Å². The summed E-state index contributed by atoms with van der Waals surface area (Å²) in [6, 6.07) is 6.92. The number of esters is 1. The van der Waals surface area contributed by atoms with Crippen molar-refractivity contribution in [1.29, 1.82) is 0 Å². The molecular formula is C19H23N5O4. The number of rotatable bonds is 4. The second kappa shape index (κ2) is 6.81. The summed E-state index contributed by atoms with van der Waals surface area (Å²) in [5.41, 5.74) is 2.14. The molecule has 0 bridgehead atoms. The molecule has 0 radical (unpaired) electrons. The van der Waals surface area contributed by atoms with Gasteiger partial charge in [0.2, 0.25) is 5.96 Å². The summed E-state index contributed by atoms with van der Waals surface area (Å²) in [6.07, 6.45) is -0.596. The smallest absolute Gasteiger partial charge is 0.328 e. The number of urea groups is 1. The van der Waals surface area contributed by atoms with Crippen LogP contribution < -0.4 is 4.90 Å². The summed E-state index contributed by atoms with van der Waals surface area (Å²) in [6.45, 7) is 4.84. The monoisotopic (exact) mass is 385 g/mol. The predicted octanol–water partition coefficient (Wildman–Crippen LogP) is 0.638. The van der Waals surface area contributed by atoms with Crippen LogP contribution >= 0.6 is 0 Å². The van der Waals surface area contributed by atoms with E-state index in [1.54, 1.807) is 14.0 Å². The Morgan fingerprint density at radius 2 is 2.07 bits per heavy atom. The zero-order valence-electron chi connectivity index (χ0n) is 16.2. The summed E-state index contributed by atoms with van der Waals surface area (Å²) in [5.74, 6) is -0.324. The van der Waals surface area contributed by atoms with Crippen molar-refractivity contribution in [3.63, 3.8) is 0 Å². The Morgan fingerprint density at radius 3 is 2.79 bits per heavy atom. The van der Waals surface area contributed by atoms with E-state index in [-0.39, 0.29) is 13.2 Å². The first-order chi connectivity index (χ1) is 13.4. The standard InChI is InChI=1S/C19H23N5O4/c1-4-28-14(25)11-24-17(26)15-16(21(3)19(24)27)20-18-22(8-9-23(15)18)13-7-5-6-12(2)10-13/h5-7,10,15-16H,4,8-9,11H2,1-3H3. The third kappa shape index (κ3) is 2.78. The van der Waals surface area contributed by atoms with Crippen LogP contribution in [0.4, 0.5) is 10.5 Å². The van der Waals surface area contributed by atoms with Crippen LogP contribution in [0.15, 0.2) is 29.3 Å². The van der Waals surface area contributed by atoms with E-state index in [0.29, 0.717) is 19.0 Å². The molecule has 3 aliphatic rings. The van der Waals surface area contributed by atoms with Crippen molar-refractivity contribution in [1.82, 2.24) is 14.7 Å². The Balaban J connectivity index is 1.61. The fraction of sp³-hybridized carbons (Fsp3) is 0.474. The van der Waals surface area contributed by atoms with Crippen LogP contribution in [0.25, 0.3) is 0 Å². The van der Waals surface area contributed by atoms with E-state index >= 15 is 0 Å². The van der Waals surface area contributed by atoms with Crippen LogP contribution in [0, 0.1) is 6.92 Å². The van der Waals surface area contributed by atoms with E-state index in [4.69, 9.17) is 9.73 Å². The van der Waals surface area contributed by atoms with Gasteiger partial charge in [0.1, 0.15) is 6.54 Å². The molecule has 2 unspecified atom stereocenters. The molecule has 2 saturated heterocycles. The van der Waals surface area contributed by atoms with E-state index in [1.165, 1.54) is 4.90 Å². The van der Waals surface area contributed by atoms with E-state index < -0.39 is 30.1 Å². The number of aliphatic imine (C=N–C) groups is 1. The van der Waals surface area contributed by atoms with Gasteiger partial charge in [-0.05, 0) is 31.5 Å². The number of imide groups is 1. The first-order valence-electron chi connectivity index (χ1n) is 9.34. The van der Waals surface area contributed by atoms with Crippen LogP contribution in [-0.4, -0.2) is 84.1 Å². The molecule has 9 nitrogen and oxygen atoms in total. The SMILES string of the molecule is CCOC(=O)CN1C(=O)C2C(N=C3N(c4cccc(C)c4)CCN32)N(C)C1=O. The van der Waals surface area contributed by atoms with Gasteiger partial charge in [-0.25, -0.2) is 9.79 Å². The van der Waals surface area contributed by atoms with Crippen LogP contribution in [-0.2, 0) is 14.3 Å². The summed E-state index contributed by atoms with van der Waals surface area (Å²) in [7, 11) is 1.60. The molecule has 4 rings (SSSR count). The minimum absolute atomic E-state index is 0.196. The van der Waals surface area contributed by atoms with Gasteiger partial charge in [0, 0.05) is 25.8 Å². The Labute approximate surface area is 163 Å². The van der Waals surface area contributed by atoms with E-state index in [9.17, 15) is 14.4 Å². The number of nitrogens with zero attached hydrogens (tertiary/aromatic N) is 5. The summed E-state index contributed by atoms with van der Waals surface area (Å²) < 4.78 is 4.91. The number of guanidine groups is 1. The fourth-order valence-electron chi connectivity index (χ4n) is 3.96. The third-order valence-electron chi connectivity index (χ3n) is 5.28. The topological polar surface area (TPSA) is 85.8 Å². The second-order valence-corrected chi connectivity index (χ2v) is 7.09. The molecule has 0 N–H and O–H groups in total. The zero-order valence-corrected chi connectivity index (χ0v) is 16.2. The Kier molecular flexibility index (Phi) is 4.44. The Bertz CT molecular complexity index is 870. The summed E-state index contributed by atoms with van der Waals surface area (Å²) >= 11 is 0. The molecule has 0 aliphatic carbocycles. The third-order valence-corrected chi connectivity index (χ3v) is 5.28. The van der Waals surface area contributed by atoms with Gasteiger partial charge >= 0.3 is 12.0 Å². The molecule has 148 valence electrons. The Hall–Kier alpha value is -3.10. The van der Waals surface area contributed by atoms with Gasteiger partial charge in [0.25, 0.3) is 5.91 Å². The van der Waals surface area contributed by atoms with E-state index in [0.717, 1.165) is 16.2 Å². The molecule has 0 spiro atoms. The molecule has 9 heteroatoms. The largest absolute Gasteiger partial charge is 0.465 e. The molecule has 0 saturated carbocycles. The van der Waals surface area contributed by atoms with Crippen molar-refractivity contribution in [3.05, 3.63) is 29.8 Å². The second-order valence-electron chi connectivity index (χ2n) is 7.09. The number of likely N-dealkylation sites (N-methyl/N-ethyl adjacent to an activating group) is 1. The Morgan fingerprint density at radius 1 is 1.29 bits per heavy atom. The van der Waals surface area contributed by atoms with Crippen molar-refractivity contribution in [3.8, 4) is 0 Å². The molecule has 2 fully saturated rings. The molecule has 3 heterocycles. The lowest BCUT2D eigenvalue weighted by molar-refractivity contribution is -0.150. The maximum Gasteiger partial charge on any atom is 0.328 e. The minimum atomic E-state index is -0.623. The average molecular weight is 385 g/mol. The quantitative estimate of drug-likeness (QED) is 0.707. The highest BCUT2D eigenvalue weighted by Gasteiger charge is 2.55. The minimum Gasteiger partial charge on any atom is -0.465 e. The number of carbonyl (C=O) groups is 3. The lowest BCUT2D eigenvalue weighted by atomic mass is 10.1. The van der Waals surface area contributed by atoms with Crippen LogP contribution in [0.3, 0.4) is 0 Å². The van der Waals surface area contributed by atoms with E-state index in [2.05, 4.69) is 11.0 Å². The highest BCUT2D eigenvalue weighted by Crippen LogP contribution is 2.33. The normalized spacial score (nSPS) is 23.8. The molecule has 3 amide bonds. The fourth-order valence-corrected chi connectivity index (χ4v) is 3.96. The number of fused-ring (bicyclic) bond motifs is 3. The van der Waals surface area contributed by atoms with Gasteiger partial charge in [-0.3, -0.25) is 14.5 Å². The van der Waals surface area contributed by atoms with Crippen molar-refractivity contribution in [2.75, 3.05) is 38.2 Å². The summed E-state index contributed by atoms with van der Waals surface area (Å²) in [4.78, 5) is 48.7. The molecule has 3 aliphatic heterocycles. The number of hydrogen-bond donors (Lipinski definition) is 0. The predicted molar refractivity (Wildman–Crippen MR) is 102 cm³/mol. The number of carbonyl (C=O) groups excluding carboxylic acids is 3. The molecule has 1 aromatic carbocycles. The van der Waals surface area contributed by atoms with Gasteiger partial charge in [0.15, 0.2) is 12.2 Å². The highest BCUT2D eigenvalue weighted by molar-refractivity contribution is 6.08. The van der Waals surface area contributed by atoms with Crippen molar-refractivity contribution in [2.24, 2.45) is 4.99 Å². The molecule has 28 heavy (non-hydrogen) atoms. The van der Waals surface area contributed by atoms with Gasteiger partial charge in [-0.1, -0.05) is 12.1 Å². The van der Waals surface area contributed by atoms with Crippen molar-refractivity contribution >= 4 is 29.6 Å². The number of amides is 3. The molecule has 1 aromatic rings. The number of aryl methyl sites for hydroxylation is 1. The first-order valence-corrected chi connectivity index (χ1v) is 9.34. The average Bonchev–Trinajstić information content (AvgIpc) is 3.23. The van der Waals surface area contributed by atoms with Crippen LogP contribution in [0.5, 0.6) is 0 Å². The number of hydrogen-bond acceptors (Lipinski definition) is 7. The van der Waals surface area contributed by atoms with E-state index in [1.807, 2.05) is 30.0 Å². The van der Waals surface area contributed by atoms with Crippen LogP contribution in [0.1, 0.15) is 12.5 Å². The van der Waals surface area contributed by atoms with Crippen molar-refractivity contribution < 1.29 is 19.1 Å². The van der Waals surface area contributed by atoms with Gasteiger partial charge in [-0.15, -0.1) is 0 Å². The zero-order chi connectivity index (χ0) is 20.0. The maximum atomic E-state index is 13.1. The number of ether oxygens (including phenoxy) is 1. The lowest BCUT2D eigenvalue weighted by Gasteiger charge is -2.40. The lowest BCUT2D eigenvalue weighted by Crippen LogP contribution is -2.65. The maximum absolute atomic E-state index is 13.1. The summed E-state index contributed by atoms with van der Waals surface area (Å²) in [5, 5.41) is 0. The number of anilines is 1. The molecule has 2 atom stereocenters. The molecule has 0 aromatic heterocycles. The number of benzene rings is 1.